The Morgan fingerprint density at radius 3 is 2.76 bits per heavy atom. The molecule has 0 radical (unpaired) electrons. The SMILES string of the molecule is CCNC(=NCCC1CC1)N1CCC(c2ccccc2)C1. The lowest BCUT2D eigenvalue weighted by molar-refractivity contribution is 0.485. The standard InChI is InChI=1S/C18H27N3/c1-2-19-18(20-12-10-15-8-9-15)21-13-11-17(14-21)16-6-4-3-5-7-16/h3-7,15,17H,2,8-14H2,1H3,(H,19,20). The molecule has 1 unspecified atom stereocenters. The number of likely N-dealkylation sites (tertiary alicyclic amines) is 1. The Balaban J connectivity index is 1.58. The average molecular weight is 285 g/mol. The van der Waals surface area contributed by atoms with E-state index in [-0.39, 0.29) is 0 Å². The number of aliphatic imine (C=N–C) groups is 1. The van der Waals surface area contributed by atoms with Gasteiger partial charge in [-0.15, -0.1) is 0 Å². The van der Waals surface area contributed by atoms with E-state index in [4.69, 9.17) is 4.99 Å². The summed E-state index contributed by atoms with van der Waals surface area (Å²) in [6.45, 7) is 6.31. The Kier molecular flexibility index (Phi) is 4.79. The first-order valence-electron chi connectivity index (χ1n) is 8.45. The van der Waals surface area contributed by atoms with Crippen LogP contribution in [0.3, 0.4) is 0 Å². The molecular formula is C18H27N3. The quantitative estimate of drug-likeness (QED) is 0.664. The summed E-state index contributed by atoms with van der Waals surface area (Å²) in [5, 5.41) is 3.47. The molecule has 1 aliphatic carbocycles. The van der Waals surface area contributed by atoms with Crippen molar-refractivity contribution in [3.8, 4) is 0 Å². The predicted octanol–water partition coefficient (Wildman–Crippen LogP) is 3.24. The summed E-state index contributed by atoms with van der Waals surface area (Å²) in [5.74, 6) is 2.74. The van der Waals surface area contributed by atoms with Gasteiger partial charge >= 0.3 is 0 Å². The highest BCUT2D eigenvalue weighted by molar-refractivity contribution is 5.80. The van der Waals surface area contributed by atoms with E-state index in [1.165, 1.54) is 31.2 Å². The second kappa shape index (κ2) is 6.97. The normalized spacial score (nSPS) is 22.6. The Morgan fingerprint density at radius 1 is 1.24 bits per heavy atom. The first-order chi connectivity index (χ1) is 10.4. The molecule has 0 spiro atoms. The summed E-state index contributed by atoms with van der Waals surface area (Å²) < 4.78 is 0. The van der Waals surface area contributed by atoms with Gasteiger partial charge < -0.3 is 10.2 Å². The predicted molar refractivity (Wildman–Crippen MR) is 88.7 cm³/mol. The molecule has 1 aromatic rings. The van der Waals surface area contributed by atoms with Crippen LogP contribution in [0.25, 0.3) is 0 Å². The lowest BCUT2D eigenvalue weighted by atomic mass is 9.99. The van der Waals surface area contributed by atoms with Gasteiger partial charge in [0.05, 0.1) is 0 Å². The van der Waals surface area contributed by atoms with Crippen molar-refractivity contribution in [1.29, 1.82) is 0 Å². The first kappa shape index (κ1) is 14.4. The zero-order chi connectivity index (χ0) is 14.5. The summed E-state index contributed by atoms with van der Waals surface area (Å²) in [7, 11) is 0. The summed E-state index contributed by atoms with van der Waals surface area (Å²) in [4.78, 5) is 7.27. The minimum Gasteiger partial charge on any atom is -0.357 e. The maximum absolute atomic E-state index is 4.84. The Morgan fingerprint density at radius 2 is 2.05 bits per heavy atom. The molecule has 1 N–H and O–H groups in total. The summed E-state index contributed by atoms with van der Waals surface area (Å²) in [6.07, 6.45) is 5.35. The van der Waals surface area contributed by atoms with Crippen molar-refractivity contribution in [3.63, 3.8) is 0 Å². The smallest absolute Gasteiger partial charge is 0.193 e. The van der Waals surface area contributed by atoms with E-state index in [9.17, 15) is 0 Å². The lowest BCUT2D eigenvalue weighted by Gasteiger charge is -2.21. The Labute approximate surface area is 128 Å². The summed E-state index contributed by atoms with van der Waals surface area (Å²) in [6, 6.07) is 10.9. The van der Waals surface area contributed by atoms with Crippen LogP contribution in [0.4, 0.5) is 0 Å². The molecule has 3 rings (SSSR count). The highest BCUT2D eigenvalue weighted by atomic mass is 15.3. The van der Waals surface area contributed by atoms with Gasteiger partial charge in [0, 0.05) is 32.1 Å². The molecule has 1 aliphatic heterocycles. The fourth-order valence-electron chi connectivity index (χ4n) is 3.14. The molecule has 2 aliphatic rings. The number of rotatable bonds is 5. The highest BCUT2D eigenvalue weighted by Crippen LogP contribution is 2.32. The van der Waals surface area contributed by atoms with Gasteiger partial charge in [-0.2, -0.15) is 0 Å². The molecule has 1 atom stereocenters. The number of nitrogens with one attached hydrogen (secondary N) is 1. The number of nitrogens with zero attached hydrogens (tertiary/aromatic N) is 2. The fourth-order valence-corrected chi connectivity index (χ4v) is 3.14. The number of benzene rings is 1. The maximum Gasteiger partial charge on any atom is 0.193 e. The van der Waals surface area contributed by atoms with E-state index in [1.807, 2.05) is 0 Å². The van der Waals surface area contributed by atoms with Gasteiger partial charge in [0.15, 0.2) is 5.96 Å². The van der Waals surface area contributed by atoms with Gasteiger partial charge in [0.25, 0.3) is 0 Å². The van der Waals surface area contributed by atoms with Crippen LogP contribution in [-0.2, 0) is 0 Å². The van der Waals surface area contributed by atoms with Crippen LogP contribution >= 0.6 is 0 Å². The second-order valence-corrected chi connectivity index (χ2v) is 6.31. The van der Waals surface area contributed by atoms with Crippen molar-refractivity contribution in [2.45, 2.75) is 38.5 Å². The zero-order valence-corrected chi connectivity index (χ0v) is 13.1. The van der Waals surface area contributed by atoms with Crippen molar-refractivity contribution in [1.82, 2.24) is 10.2 Å². The van der Waals surface area contributed by atoms with Gasteiger partial charge in [-0.25, -0.2) is 0 Å². The van der Waals surface area contributed by atoms with Gasteiger partial charge in [0.1, 0.15) is 0 Å². The van der Waals surface area contributed by atoms with Crippen LogP contribution in [-0.4, -0.2) is 37.0 Å². The minimum absolute atomic E-state index is 0.651. The molecule has 3 heteroatoms. The number of guanidine groups is 1. The second-order valence-electron chi connectivity index (χ2n) is 6.31. The molecular weight excluding hydrogens is 258 g/mol. The van der Waals surface area contributed by atoms with Crippen molar-refractivity contribution in [3.05, 3.63) is 35.9 Å². The Bertz CT molecular complexity index is 465. The van der Waals surface area contributed by atoms with Gasteiger partial charge in [-0.3, -0.25) is 4.99 Å². The fraction of sp³-hybridized carbons (Fsp3) is 0.611. The third kappa shape index (κ3) is 3.99. The largest absolute Gasteiger partial charge is 0.357 e. The number of hydrogen-bond acceptors (Lipinski definition) is 1. The highest BCUT2D eigenvalue weighted by Gasteiger charge is 2.26. The summed E-state index contributed by atoms with van der Waals surface area (Å²) in [5.41, 5.74) is 1.47. The molecule has 21 heavy (non-hydrogen) atoms. The van der Waals surface area contributed by atoms with Crippen molar-refractivity contribution < 1.29 is 0 Å². The van der Waals surface area contributed by atoms with Crippen LogP contribution in [0.5, 0.6) is 0 Å². The van der Waals surface area contributed by atoms with E-state index in [0.717, 1.165) is 38.1 Å². The zero-order valence-electron chi connectivity index (χ0n) is 13.1. The van der Waals surface area contributed by atoms with E-state index in [2.05, 4.69) is 47.5 Å². The van der Waals surface area contributed by atoms with E-state index < -0.39 is 0 Å². The molecule has 0 amide bonds. The van der Waals surface area contributed by atoms with Gasteiger partial charge in [-0.1, -0.05) is 43.2 Å². The number of hydrogen-bond donors (Lipinski definition) is 1. The molecule has 1 aromatic carbocycles. The maximum atomic E-state index is 4.84. The molecule has 2 fully saturated rings. The van der Waals surface area contributed by atoms with Crippen LogP contribution in [0, 0.1) is 5.92 Å². The van der Waals surface area contributed by atoms with Crippen molar-refractivity contribution in [2.24, 2.45) is 10.9 Å². The van der Waals surface area contributed by atoms with E-state index in [0.29, 0.717) is 5.92 Å². The molecule has 1 saturated carbocycles. The van der Waals surface area contributed by atoms with Crippen LogP contribution in [0.1, 0.15) is 44.1 Å². The molecule has 1 heterocycles. The molecule has 3 nitrogen and oxygen atoms in total. The van der Waals surface area contributed by atoms with Crippen LogP contribution < -0.4 is 5.32 Å². The molecule has 0 aromatic heterocycles. The minimum atomic E-state index is 0.651. The van der Waals surface area contributed by atoms with E-state index in [1.54, 1.807) is 0 Å². The van der Waals surface area contributed by atoms with Crippen molar-refractivity contribution >= 4 is 5.96 Å². The monoisotopic (exact) mass is 285 g/mol. The third-order valence-electron chi connectivity index (χ3n) is 4.59. The van der Waals surface area contributed by atoms with Crippen LogP contribution in [0.2, 0.25) is 0 Å². The Hall–Kier alpha value is -1.51. The average Bonchev–Trinajstić information content (AvgIpc) is 3.21. The summed E-state index contributed by atoms with van der Waals surface area (Å²) >= 11 is 0. The first-order valence-corrected chi connectivity index (χ1v) is 8.45. The van der Waals surface area contributed by atoms with E-state index >= 15 is 0 Å². The molecule has 0 bridgehead atoms. The third-order valence-corrected chi connectivity index (χ3v) is 4.59. The van der Waals surface area contributed by atoms with Crippen LogP contribution in [0.15, 0.2) is 35.3 Å². The van der Waals surface area contributed by atoms with Gasteiger partial charge in [-0.05, 0) is 31.2 Å². The molecule has 114 valence electrons. The molecule has 1 saturated heterocycles. The van der Waals surface area contributed by atoms with Crippen molar-refractivity contribution in [2.75, 3.05) is 26.2 Å². The lowest BCUT2D eigenvalue weighted by Crippen LogP contribution is -2.40. The van der Waals surface area contributed by atoms with Gasteiger partial charge in [0.2, 0.25) is 0 Å². The topological polar surface area (TPSA) is 27.6 Å².